The van der Waals surface area contributed by atoms with Crippen molar-refractivity contribution >= 4 is 5.97 Å². The highest BCUT2D eigenvalue weighted by Crippen LogP contribution is 2.13. The smallest absolute Gasteiger partial charge is 0.475 e. The molecule has 2 rings (SSSR count). The molecule has 10 heteroatoms. The molecule has 2 heterocycles. The Morgan fingerprint density at radius 1 is 1.26 bits per heavy atom. The molecule has 0 fully saturated rings. The van der Waals surface area contributed by atoms with Crippen LogP contribution in [0.4, 0.5) is 13.2 Å². The fraction of sp³-hybridized carbons (Fsp3) is 0.588. The van der Waals surface area contributed by atoms with Gasteiger partial charge in [-0.3, -0.25) is 9.36 Å². The second kappa shape index (κ2) is 9.54. The SMILES string of the molecule is CCn1nc(C)c(CNCc2ccn(C(C)C)n2)c1C.O=C(O)C(F)(F)F. The summed E-state index contributed by atoms with van der Waals surface area (Å²) in [5.41, 5.74) is 4.75. The number of hydrogen-bond donors (Lipinski definition) is 2. The van der Waals surface area contributed by atoms with Gasteiger partial charge in [0.2, 0.25) is 0 Å². The zero-order valence-electron chi connectivity index (χ0n) is 16.1. The van der Waals surface area contributed by atoms with E-state index in [1.165, 1.54) is 11.3 Å². The normalized spacial score (nSPS) is 11.4. The van der Waals surface area contributed by atoms with Crippen LogP contribution in [0.3, 0.4) is 0 Å². The van der Waals surface area contributed by atoms with Crippen molar-refractivity contribution in [2.75, 3.05) is 0 Å². The Hall–Kier alpha value is -2.36. The third-order valence-corrected chi connectivity index (χ3v) is 3.87. The van der Waals surface area contributed by atoms with Crippen LogP contribution in [0, 0.1) is 13.8 Å². The van der Waals surface area contributed by atoms with Crippen LogP contribution in [0.5, 0.6) is 0 Å². The summed E-state index contributed by atoms with van der Waals surface area (Å²) in [6.07, 6.45) is -3.05. The Morgan fingerprint density at radius 3 is 2.26 bits per heavy atom. The molecule has 0 saturated heterocycles. The number of carbonyl (C=O) groups is 1. The average molecular weight is 389 g/mol. The van der Waals surface area contributed by atoms with E-state index in [4.69, 9.17) is 9.90 Å². The molecule has 152 valence electrons. The molecule has 2 aromatic heterocycles. The van der Waals surface area contributed by atoms with Crippen LogP contribution in [0.2, 0.25) is 0 Å². The lowest BCUT2D eigenvalue weighted by molar-refractivity contribution is -0.192. The number of nitrogens with one attached hydrogen (secondary N) is 1. The van der Waals surface area contributed by atoms with Gasteiger partial charge in [-0.25, -0.2) is 4.79 Å². The highest BCUT2D eigenvalue weighted by Gasteiger charge is 2.38. The molecule has 0 unspecified atom stereocenters. The average Bonchev–Trinajstić information content (AvgIpc) is 3.14. The lowest BCUT2D eigenvalue weighted by atomic mass is 10.2. The fourth-order valence-corrected chi connectivity index (χ4v) is 2.37. The molecule has 2 aromatic rings. The molecular formula is C17H26F3N5O2. The number of carboxylic acids is 1. The van der Waals surface area contributed by atoms with E-state index < -0.39 is 12.1 Å². The Kier molecular flexibility index (Phi) is 8.01. The largest absolute Gasteiger partial charge is 0.490 e. The van der Waals surface area contributed by atoms with Crippen molar-refractivity contribution in [1.82, 2.24) is 24.9 Å². The van der Waals surface area contributed by atoms with Crippen molar-refractivity contribution in [3.63, 3.8) is 0 Å². The maximum absolute atomic E-state index is 10.6. The first kappa shape index (κ1) is 22.7. The number of nitrogens with zero attached hydrogens (tertiary/aromatic N) is 4. The lowest BCUT2D eigenvalue weighted by Crippen LogP contribution is -2.21. The quantitative estimate of drug-likeness (QED) is 0.792. The summed E-state index contributed by atoms with van der Waals surface area (Å²) in [7, 11) is 0. The molecule has 27 heavy (non-hydrogen) atoms. The highest BCUT2D eigenvalue weighted by atomic mass is 19.4. The zero-order chi connectivity index (χ0) is 20.8. The summed E-state index contributed by atoms with van der Waals surface area (Å²) in [5.74, 6) is -2.76. The number of alkyl halides is 3. The molecule has 0 aliphatic heterocycles. The van der Waals surface area contributed by atoms with Crippen molar-refractivity contribution in [1.29, 1.82) is 0 Å². The van der Waals surface area contributed by atoms with Crippen LogP contribution in [0.25, 0.3) is 0 Å². The number of halogens is 3. The first-order valence-electron chi connectivity index (χ1n) is 8.55. The molecule has 0 bridgehead atoms. The van der Waals surface area contributed by atoms with E-state index in [0.29, 0.717) is 6.04 Å². The summed E-state index contributed by atoms with van der Waals surface area (Å²) >= 11 is 0. The van der Waals surface area contributed by atoms with Crippen LogP contribution < -0.4 is 5.32 Å². The molecule has 7 nitrogen and oxygen atoms in total. The maximum atomic E-state index is 10.6. The number of aryl methyl sites for hydroxylation is 2. The predicted octanol–water partition coefficient (Wildman–Crippen LogP) is 3.22. The van der Waals surface area contributed by atoms with E-state index in [9.17, 15) is 13.2 Å². The van der Waals surface area contributed by atoms with Gasteiger partial charge in [0.05, 0.1) is 11.4 Å². The Bertz CT molecular complexity index is 750. The minimum absolute atomic E-state index is 0.413. The van der Waals surface area contributed by atoms with Gasteiger partial charge >= 0.3 is 12.1 Å². The topological polar surface area (TPSA) is 85.0 Å². The number of carboxylic acid groups (broad SMARTS) is 1. The molecule has 0 saturated carbocycles. The first-order chi connectivity index (χ1) is 12.5. The third kappa shape index (κ3) is 6.70. The molecule has 0 atom stereocenters. The molecule has 0 aliphatic carbocycles. The van der Waals surface area contributed by atoms with E-state index in [1.54, 1.807) is 0 Å². The van der Waals surface area contributed by atoms with E-state index in [-0.39, 0.29) is 0 Å². The standard InChI is InChI=1S/C15H25N5.C2HF3O2/c1-6-19-13(5)15(12(4)17-19)10-16-9-14-7-8-20(18-14)11(2)3;3-2(4,5)1(6)7/h7-8,11,16H,6,9-10H2,1-5H3;(H,6,7). The Balaban J connectivity index is 0.000000445. The van der Waals surface area contributed by atoms with Gasteiger partial charge in [0, 0.05) is 43.1 Å². The minimum atomic E-state index is -5.08. The Labute approximate surface area is 156 Å². The zero-order valence-corrected chi connectivity index (χ0v) is 16.1. The van der Waals surface area contributed by atoms with Crippen LogP contribution in [0.1, 0.15) is 49.5 Å². The van der Waals surface area contributed by atoms with Crippen LogP contribution in [0.15, 0.2) is 12.3 Å². The van der Waals surface area contributed by atoms with Gasteiger partial charge in [0.25, 0.3) is 0 Å². The molecule has 0 radical (unpaired) electrons. The molecule has 0 spiro atoms. The van der Waals surface area contributed by atoms with Gasteiger partial charge < -0.3 is 10.4 Å². The van der Waals surface area contributed by atoms with E-state index in [0.717, 1.165) is 31.0 Å². The maximum Gasteiger partial charge on any atom is 0.490 e. The molecular weight excluding hydrogens is 363 g/mol. The van der Waals surface area contributed by atoms with Gasteiger partial charge in [-0.1, -0.05) is 0 Å². The van der Waals surface area contributed by atoms with Gasteiger partial charge in [0.15, 0.2) is 0 Å². The van der Waals surface area contributed by atoms with Crippen molar-refractivity contribution in [3.8, 4) is 0 Å². The highest BCUT2D eigenvalue weighted by molar-refractivity contribution is 5.73. The third-order valence-electron chi connectivity index (χ3n) is 3.87. The van der Waals surface area contributed by atoms with Crippen LogP contribution in [-0.2, 0) is 24.4 Å². The second-order valence-corrected chi connectivity index (χ2v) is 6.25. The van der Waals surface area contributed by atoms with Gasteiger partial charge in [-0.15, -0.1) is 0 Å². The monoisotopic (exact) mass is 389 g/mol. The van der Waals surface area contributed by atoms with Crippen molar-refractivity contribution in [3.05, 3.63) is 34.9 Å². The van der Waals surface area contributed by atoms with E-state index in [2.05, 4.69) is 60.9 Å². The predicted molar refractivity (Wildman–Crippen MR) is 94.2 cm³/mol. The van der Waals surface area contributed by atoms with Crippen LogP contribution >= 0.6 is 0 Å². The minimum Gasteiger partial charge on any atom is -0.475 e. The summed E-state index contributed by atoms with van der Waals surface area (Å²) < 4.78 is 35.8. The number of aliphatic carboxylic acids is 1. The molecule has 2 N–H and O–H groups in total. The molecule has 0 aliphatic rings. The number of aromatic nitrogens is 4. The lowest BCUT2D eigenvalue weighted by Gasteiger charge is -2.06. The molecule has 0 aromatic carbocycles. The van der Waals surface area contributed by atoms with E-state index >= 15 is 0 Å². The summed E-state index contributed by atoms with van der Waals surface area (Å²) in [6.45, 7) is 13.1. The summed E-state index contributed by atoms with van der Waals surface area (Å²) in [5, 5.41) is 19.7. The number of hydrogen-bond acceptors (Lipinski definition) is 4. The van der Waals surface area contributed by atoms with Gasteiger partial charge in [-0.05, 0) is 40.7 Å². The van der Waals surface area contributed by atoms with Crippen molar-refractivity contribution in [2.24, 2.45) is 0 Å². The van der Waals surface area contributed by atoms with Crippen molar-refractivity contribution in [2.45, 2.75) is 66.5 Å². The van der Waals surface area contributed by atoms with Crippen molar-refractivity contribution < 1.29 is 23.1 Å². The van der Waals surface area contributed by atoms with Gasteiger partial charge in [-0.2, -0.15) is 23.4 Å². The van der Waals surface area contributed by atoms with E-state index in [1.807, 2.05) is 10.9 Å². The second-order valence-electron chi connectivity index (χ2n) is 6.25. The molecule has 0 amide bonds. The van der Waals surface area contributed by atoms with Crippen LogP contribution in [-0.4, -0.2) is 36.8 Å². The van der Waals surface area contributed by atoms with Gasteiger partial charge in [0.1, 0.15) is 0 Å². The number of rotatable bonds is 6. The fourth-order valence-electron chi connectivity index (χ4n) is 2.37. The Morgan fingerprint density at radius 2 is 1.85 bits per heavy atom. The first-order valence-corrected chi connectivity index (χ1v) is 8.55. The summed E-state index contributed by atoms with van der Waals surface area (Å²) in [6, 6.07) is 2.48. The summed E-state index contributed by atoms with van der Waals surface area (Å²) in [4.78, 5) is 8.90.